The van der Waals surface area contributed by atoms with E-state index in [0.717, 1.165) is 49.3 Å². The number of carbonyl (C=O) groups is 1. The zero-order valence-corrected chi connectivity index (χ0v) is 19.8. The summed E-state index contributed by atoms with van der Waals surface area (Å²) in [6.45, 7) is 2.04. The number of rotatable bonds is 5. The van der Waals surface area contributed by atoms with E-state index in [-0.39, 0.29) is 5.56 Å². The summed E-state index contributed by atoms with van der Waals surface area (Å²) < 4.78 is 1.80. The summed E-state index contributed by atoms with van der Waals surface area (Å²) in [5.74, 6) is 0.625. The molecule has 8 heteroatoms. The Morgan fingerprint density at radius 1 is 1.26 bits per heavy atom. The lowest BCUT2D eigenvalue weighted by Crippen LogP contribution is -2.27. The van der Waals surface area contributed by atoms with Crippen molar-refractivity contribution < 1.29 is 9.90 Å². The number of carboxylic acids is 1. The number of aromatic carboxylic acids is 1. The number of anilines is 2. The molecule has 3 heterocycles. The summed E-state index contributed by atoms with van der Waals surface area (Å²) in [6.07, 6.45) is 12.2. The van der Waals surface area contributed by atoms with Gasteiger partial charge in [-0.2, -0.15) is 4.98 Å². The molecule has 1 aliphatic heterocycles. The monoisotopic (exact) mass is 475 g/mol. The highest BCUT2D eigenvalue weighted by Crippen LogP contribution is 2.44. The van der Waals surface area contributed by atoms with Gasteiger partial charge < -0.3 is 19.9 Å². The number of nitrogens with one attached hydrogen (secondary N) is 1. The van der Waals surface area contributed by atoms with E-state index in [1.165, 1.54) is 29.5 Å². The number of hydrogen-bond donors (Lipinski definition) is 2. The summed E-state index contributed by atoms with van der Waals surface area (Å²) in [6, 6.07) is 4.46. The first-order chi connectivity index (χ1) is 16.5. The molecule has 2 aromatic heterocycles. The molecule has 1 saturated carbocycles. The third kappa shape index (κ3) is 3.79. The number of fused-ring (bicyclic) bond motifs is 2. The Bertz CT molecular complexity index is 1340. The Kier molecular flexibility index (Phi) is 5.19. The average molecular weight is 476 g/mol. The first-order valence-corrected chi connectivity index (χ1v) is 12.1. The minimum atomic E-state index is -0.961. The van der Waals surface area contributed by atoms with Crippen molar-refractivity contribution in [1.29, 1.82) is 0 Å². The van der Waals surface area contributed by atoms with Crippen molar-refractivity contribution in [3.05, 3.63) is 69.1 Å². The third-order valence-electron chi connectivity index (χ3n) is 7.00. The molecule has 1 fully saturated rings. The lowest BCUT2D eigenvalue weighted by molar-refractivity contribution is 0.0696. The molecular formula is C26H26ClN5O2. The molecule has 0 unspecified atom stereocenters. The van der Waals surface area contributed by atoms with Crippen LogP contribution in [0.3, 0.4) is 0 Å². The molecule has 0 amide bonds. The summed E-state index contributed by atoms with van der Waals surface area (Å²) >= 11 is 6.51. The van der Waals surface area contributed by atoms with E-state index in [0.29, 0.717) is 22.7 Å². The highest BCUT2D eigenvalue weighted by Gasteiger charge is 2.29. The Morgan fingerprint density at radius 2 is 2.12 bits per heavy atom. The van der Waals surface area contributed by atoms with Crippen molar-refractivity contribution in [3.8, 4) is 5.82 Å². The third-order valence-corrected chi connectivity index (χ3v) is 7.27. The molecular weight excluding hydrogens is 450 g/mol. The van der Waals surface area contributed by atoms with Crippen molar-refractivity contribution in [2.24, 2.45) is 0 Å². The average Bonchev–Trinajstić information content (AvgIpc) is 3.59. The van der Waals surface area contributed by atoms with Crippen LogP contribution in [0.1, 0.15) is 63.5 Å². The van der Waals surface area contributed by atoms with Crippen LogP contribution in [-0.4, -0.2) is 44.1 Å². The van der Waals surface area contributed by atoms with Gasteiger partial charge in [-0.15, -0.1) is 0 Å². The molecule has 3 aliphatic rings. The predicted molar refractivity (Wildman–Crippen MR) is 132 cm³/mol. The maximum atomic E-state index is 11.8. The quantitative estimate of drug-likeness (QED) is 0.528. The van der Waals surface area contributed by atoms with Crippen LogP contribution >= 0.6 is 11.6 Å². The first kappa shape index (κ1) is 21.4. The number of halogens is 1. The maximum Gasteiger partial charge on any atom is 0.337 e. The van der Waals surface area contributed by atoms with E-state index in [9.17, 15) is 9.90 Å². The minimum Gasteiger partial charge on any atom is -0.478 e. The van der Waals surface area contributed by atoms with Gasteiger partial charge in [0.1, 0.15) is 5.02 Å². The van der Waals surface area contributed by atoms with Crippen LogP contribution in [0.15, 0.2) is 30.6 Å². The fourth-order valence-electron chi connectivity index (χ4n) is 5.21. The zero-order chi connectivity index (χ0) is 23.4. The number of aromatic nitrogens is 3. The van der Waals surface area contributed by atoms with E-state index in [2.05, 4.69) is 34.4 Å². The standard InChI is InChI=1S/C26H26ClN5O2/c1-31-9-8-18-16(13-31)10-17(11-20(18)15-6-7-15)29-26-28-12-22(27)24(30-26)32-14-21(25(33)34)19-4-2-3-5-23(19)32/h2,4,10-12,14-15H,3,5-9,13H2,1H3,(H,33,34)(H,28,29,30). The summed E-state index contributed by atoms with van der Waals surface area (Å²) in [5.41, 5.74) is 7.19. The summed E-state index contributed by atoms with van der Waals surface area (Å²) in [4.78, 5) is 23.3. The Morgan fingerprint density at radius 3 is 2.91 bits per heavy atom. The van der Waals surface area contributed by atoms with Gasteiger partial charge in [0.25, 0.3) is 0 Å². The Hall–Kier alpha value is -3.16. The van der Waals surface area contributed by atoms with Gasteiger partial charge in [0.2, 0.25) is 5.95 Å². The maximum absolute atomic E-state index is 11.8. The number of likely N-dealkylation sites (N-methyl/N-ethyl adjacent to an activating group) is 1. The van der Waals surface area contributed by atoms with Gasteiger partial charge in [-0.3, -0.25) is 0 Å². The number of benzene rings is 1. The van der Waals surface area contributed by atoms with Crippen LogP contribution in [0.25, 0.3) is 11.9 Å². The molecule has 0 saturated heterocycles. The normalized spacial score (nSPS) is 17.4. The van der Waals surface area contributed by atoms with Crippen molar-refractivity contribution in [3.63, 3.8) is 0 Å². The van der Waals surface area contributed by atoms with Gasteiger partial charge in [0, 0.05) is 36.2 Å². The molecule has 174 valence electrons. The lowest BCUT2D eigenvalue weighted by atomic mass is 9.91. The predicted octanol–water partition coefficient (Wildman–Crippen LogP) is 5.19. The number of hydrogen-bond acceptors (Lipinski definition) is 5. The largest absolute Gasteiger partial charge is 0.478 e. The number of carboxylic acid groups (broad SMARTS) is 1. The van der Waals surface area contributed by atoms with E-state index < -0.39 is 5.97 Å². The van der Waals surface area contributed by atoms with E-state index in [1.54, 1.807) is 17.0 Å². The molecule has 3 aromatic rings. The molecule has 6 rings (SSSR count). The smallest absolute Gasteiger partial charge is 0.337 e. The zero-order valence-electron chi connectivity index (χ0n) is 19.0. The van der Waals surface area contributed by atoms with Crippen LogP contribution in [-0.2, 0) is 19.4 Å². The second-order valence-electron chi connectivity index (χ2n) is 9.47. The molecule has 2 aliphatic carbocycles. The van der Waals surface area contributed by atoms with Gasteiger partial charge in [0.05, 0.1) is 11.8 Å². The topological polar surface area (TPSA) is 83.3 Å². The highest BCUT2D eigenvalue weighted by molar-refractivity contribution is 6.32. The van der Waals surface area contributed by atoms with Gasteiger partial charge in [-0.05, 0) is 73.9 Å². The molecule has 0 spiro atoms. The van der Waals surface area contributed by atoms with Crippen LogP contribution in [0.2, 0.25) is 5.02 Å². The molecule has 34 heavy (non-hydrogen) atoms. The lowest BCUT2D eigenvalue weighted by Gasteiger charge is -2.28. The van der Waals surface area contributed by atoms with Crippen LogP contribution in [0.4, 0.5) is 11.6 Å². The van der Waals surface area contributed by atoms with Crippen molar-refractivity contribution in [1.82, 2.24) is 19.4 Å². The minimum absolute atomic E-state index is 0.253. The van der Waals surface area contributed by atoms with Gasteiger partial charge in [-0.25, -0.2) is 9.78 Å². The molecule has 0 radical (unpaired) electrons. The molecule has 0 atom stereocenters. The van der Waals surface area contributed by atoms with Crippen molar-refractivity contribution >= 4 is 35.3 Å². The molecule has 1 aromatic carbocycles. The molecule has 2 N–H and O–H groups in total. The molecule has 0 bridgehead atoms. The van der Waals surface area contributed by atoms with Crippen LogP contribution in [0.5, 0.6) is 0 Å². The molecule has 7 nitrogen and oxygen atoms in total. The Balaban J connectivity index is 1.38. The van der Waals surface area contributed by atoms with Crippen LogP contribution in [0, 0.1) is 0 Å². The van der Waals surface area contributed by atoms with Gasteiger partial charge in [-0.1, -0.05) is 23.8 Å². The number of allylic oxidation sites excluding steroid dienone is 1. The van der Waals surface area contributed by atoms with E-state index in [1.807, 2.05) is 12.2 Å². The summed E-state index contributed by atoms with van der Waals surface area (Å²) in [5, 5.41) is 13.5. The highest BCUT2D eigenvalue weighted by atomic mass is 35.5. The SMILES string of the molecule is CN1CCc2c(cc(Nc3ncc(Cl)c(-n4cc(C(=O)O)c5c4CCC=C5)n3)cc2C2CC2)C1. The Labute approximate surface area is 203 Å². The van der Waals surface area contributed by atoms with Crippen molar-refractivity contribution in [2.75, 3.05) is 18.9 Å². The second-order valence-corrected chi connectivity index (χ2v) is 9.88. The summed E-state index contributed by atoms with van der Waals surface area (Å²) in [7, 11) is 2.16. The van der Waals surface area contributed by atoms with Gasteiger partial charge in [0.15, 0.2) is 5.82 Å². The van der Waals surface area contributed by atoms with E-state index in [4.69, 9.17) is 16.6 Å². The van der Waals surface area contributed by atoms with Crippen molar-refractivity contribution in [2.45, 2.75) is 44.6 Å². The fraction of sp³-hybridized carbons (Fsp3) is 0.346. The van der Waals surface area contributed by atoms with E-state index >= 15 is 0 Å². The number of nitrogens with zero attached hydrogens (tertiary/aromatic N) is 4. The second kappa shape index (κ2) is 8.25. The fourth-order valence-corrected chi connectivity index (χ4v) is 5.39. The van der Waals surface area contributed by atoms with Gasteiger partial charge >= 0.3 is 5.97 Å². The first-order valence-electron chi connectivity index (χ1n) is 11.8. The van der Waals surface area contributed by atoms with Crippen LogP contribution < -0.4 is 5.32 Å².